The molecule has 0 radical (unpaired) electrons. The largest absolute Gasteiger partial charge is 0.355 e. The van der Waals surface area contributed by atoms with Crippen molar-refractivity contribution in [2.75, 3.05) is 17.4 Å². The van der Waals surface area contributed by atoms with Crippen molar-refractivity contribution in [3.8, 4) is 0 Å². The molecule has 39 heavy (non-hydrogen) atoms. The summed E-state index contributed by atoms with van der Waals surface area (Å²) >= 11 is 12.4. The van der Waals surface area contributed by atoms with Gasteiger partial charge in [0.05, 0.1) is 10.6 Å². The van der Waals surface area contributed by atoms with Crippen molar-refractivity contribution in [1.29, 1.82) is 0 Å². The fraction of sp³-hybridized carbons (Fsp3) is 0.286. The van der Waals surface area contributed by atoms with Crippen LogP contribution in [0.2, 0.25) is 10.0 Å². The van der Waals surface area contributed by atoms with Gasteiger partial charge >= 0.3 is 0 Å². The Kier molecular flexibility index (Phi) is 10.4. The van der Waals surface area contributed by atoms with Crippen LogP contribution in [0.5, 0.6) is 0 Å². The molecular formula is C28H30Cl2FN3O4S. The predicted octanol–water partition coefficient (Wildman–Crippen LogP) is 5.58. The standard InChI is InChI=1S/C28H30Cl2FN3O4S/c1-4-25(28(36)32-5-2)33(17-20-12-13-21(29)16-23(20)30)27(35)18-34(26-9-7-6-8-24(26)31)39(37,38)22-14-10-19(3)11-15-22/h6-16,25H,4-5,17-18H2,1-3H3,(H,32,36). The van der Waals surface area contributed by atoms with Gasteiger partial charge in [0.2, 0.25) is 11.8 Å². The number of nitrogens with one attached hydrogen (secondary N) is 1. The fourth-order valence-electron chi connectivity index (χ4n) is 4.05. The maximum Gasteiger partial charge on any atom is 0.264 e. The molecule has 0 heterocycles. The molecule has 2 amide bonds. The lowest BCUT2D eigenvalue weighted by Gasteiger charge is -2.33. The summed E-state index contributed by atoms with van der Waals surface area (Å²) in [7, 11) is -4.37. The molecule has 208 valence electrons. The molecule has 0 fully saturated rings. The number of halogens is 3. The summed E-state index contributed by atoms with van der Waals surface area (Å²) in [5.41, 5.74) is 1.05. The minimum Gasteiger partial charge on any atom is -0.355 e. The average Bonchev–Trinajstić information content (AvgIpc) is 2.89. The van der Waals surface area contributed by atoms with E-state index >= 15 is 0 Å². The van der Waals surface area contributed by atoms with Crippen molar-refractivity contribution in [1.82, 2.24) is 10.2 Å². The van der Waals surface area contributed by atoms with E-state index in [0.717, 1.165) is 15.9 Å². The van der Waals surface area contributed by atoms with E-state index in [0.29, 0.717) is 17.1 Å². The molecule has 11 heteroatoms. The first-order valence-corrected chi connectivity index (χ1v) is 14.5. The number of amides is 2. The van der Waals surface area contributed by atoms with Crippen molar-refractivity contribution in [2.45, 2.75) is 44.7 Å². The van der Waals surface area contributed by atoms with Gasteiger partial charge in [0.25, 0.3) is 10.0 Å². The number of sulfonamides is 1. The number of carbonyl (C=O) groups excluding carboxylic acids is 2. The summed E-state index contributed by atoms with van der Waals surface area (Å²) < 4.78 is 43.2. The summed E-state index contributed by atoms with van der Waals surface area (Å²) in [5.74, 6) is -1.93. The van der Waals surface area contributed by atoms with Crippen molar-refractivity contribution < 1.29 is 22.4 Å². The van der Waals surface area contributed by atoms with Crippen LogP contribution >= 0.6 is 23.2 Å². The molecule has 3 aromatic rings. The highest BCUT2D eigenvalue weighted by Crippen LogP contribution is 2.28. The molecule has 0 saturated carbocycles. The highest BCUT2D eigenvalue weighted by Gasteiger charge is 2.34. The first-order chi connectivity index (χ1) is 18.5. The summed E-state index contributed by atoms with van der Waals surface area (Å²) in [4.78, 5) is 28.0. The van der Waals surface area contributed by atoms with Crippen LogP contribution in [0.1, 0.15) is 31.4 Å². The Labute approximate surface area is 238 Å². The number of aryl methyl sites for hydroxylation is 1. The first kappa shape index (κ1) is 30.4. The van der Waals surface area contributed by atoms with E-state index in [4.69, 9.17) is 23.2 Å². The van der Waals surface area contributed by atoms with Crippen LogP contribution in [0.15, 0.2) is 71.6 Å². The Morgan fingerprint density at radius 1 is 1.00 bits per heavy atom. The molecule has 0 spiro atoms. The smallest absolute Gasteiger partial charge is 0.264 e. The number of anilines is 1. The molecule has 0 aliphatic heterocycles. The van der Waals surface area contributed by atoms with Crippen LogP contribution in [-0.4, -0.2) is 44.3 Å². The van der Waals surface area contributed by atoms with Crippen LogP contribution < -0.4 is 9.62 Å². The SMILES string of the molecule is CCNC(=O)C(CC)N(Cc1ccc(Cl)cc1Cl)C(=O)CN(c1ccccc1F)S(=O)(=O)c1ccc(C)cc1. The zero-order chi connectivity index (χ0) is 28.7. The normalized spacial score (nSPS) is 12.1. The lowest BCUT2D eigenvalue weighted by molar-refractivity contribution is -0.140. The van der Waals surface area contributed by atoms with Gasteiger partial charge in [-0.3, -0.25) is 13.9 Å². The fourth-order valence-corrected chi connectivity index (χ4v) is 5.94. The Morgan fingerprint density at radius 3 is 2.26 bits per heavy atom. The van der Waals surface area contributed by atoms with Crippen molar-refractivity contribution in [3.63, 3.8) is 0 Å². The van der Waals surface area contributed by atoms with E-state index in [9.17, 15) is 22.4 Å². The third kappa shape index (κ3) is 7.29. The number of carbonyl (C=O) groups is 2. The molecule has 3 aromatic carbocycles. The third-order valence-electron chi connectivity index (χ3n) is 6.10. The third-order valence-corrected chi connectivity index (χ3v) is 8.46. The number of hydrogen-bond acceptors (Lipinski definition) is 4. The van der Waals surface area contributed by atoms with Gasteiger partial charge in [-0.15, -0.1) is 0 Å². The van der Waals surface area contributed by atoms with Gasteiger partial charge in [-0.1, -0.05) is 66.0 Å². The second kappa shape index (κ2) is 13.3. The first-order valence-electron chi connectivity index (χ1n) is 12.3. The van der Waals surface area contributed by atoms with Crippen LogP contribution in [0.25, 0.3) is 0 Å². The van der Waals surface area contributed by atoms with E-state index in [1.54, 1.807) is 45.0 Å². The molecule has 0 bridgehead atoms. The quantitative estimate of drug-likeness (QED) is 0.314. The minimum absolute atomic E-state index is 0.0971. The molecule has 7 nitrogen and oxygen atoms in total. The van der Waals surface area contributed by atoms with Gasteiger partial charge in [-0.25, -0.2) is 12.8 Å². The van der Waals surface area contributed by atoms with Crippen LogP contribution in [0, 0.1) is 12.7 Å². The Hall–Kier alpha value is -3.14. The molecule has 0 aromatic heterocycles. The van der Waals surface area contributed by atoms with Crippen LogP contribution in [-0.2, 0) is 26.2 Å². The zero-order valence-corrected chi connectivity index (χ0v) is 24.2. The highest BCUT2D eigenvalue weighted by molar-refractivity contribution is 7.92. The molecule has 1 unspecified atom stereocenters. The Balaban J connectivity index is 2.09. The van der Waals surface area contributed by atoms with Gasteiger partial charge in [0, 0.05) is 23.1 Å². The molecule has 0 aliphatic carbocycles. The van der Waals surface area contributed by atoms with Crippen molar-refractivity contribution in [2.24, 2.45) is 0 Å². The number of para-hydroxylation sites is 1. The van der Waals surface area contributed by atoms with E-state index in [2.05, 4.69) is 5.32 Å². The maximum atomic E-state index is 15.0. The number of likely N-dealkylation sites (N-methyl/N-ethyl adjacent to an activating group) is 1. The summed E-state index contributed by atoms with van der Waals surface area (Å²) in [5, 5.41) is 3.40. The lowest BCUT2D eigenvalue weighted by atomic mass is 10.1. The topological polar surface area (TPSA) is 86.8 Å². The number of nitrogens with zero attached hydrogens (tertiary/aromatic N) is 2. The van der Waals surface area contributed by atoms with E-state index in [1.807, 2.05) is 0 Å². The van der Waals surface area contributed by atoms with E-state index in [1.165, 1.54) is 41.3 Å². The van der Waals surface area contributed by atoms with Crippen molar-refractivity contribution >= 4 is 50.7 Å². The second-order valence-electron chi connectivity index (χ2n) is 8.85. The second-order valence-corrected chi connectivity index (χ2v) is 11.6. The lowest BCUT2D eigenvalue weighted by Crippen LogP contribution is -2.52. The van der Waals surface area contributed by atoms with Gasteiger partial charge in [0.15, 0.2) is 0 Å². The molecule has 0 saturated heterocycles. The van der Waals surface area contributed by atoms with Crippen LogP contribution in [0.3, 0.4) is 0 Å². The van der Waals surface area contributed by atoms with Crippen molar-refractivity contribution in [3.05, 3.63) is 93.7 Å². The molecular weight excluding hydrogens is 564 g/mol. The van der Waals surface area contributed by atoms with E-state index < -0.39 is 40.2 Å². The monoisotopic (exact) mass is 593 g/mol. The Bertz CT molecular complexity index is 1430. The summed E-state index contributed by atoms with van der Waals surface area (Å²) in [6, 6.07) is 15.2. The van der Waals surface area contributed by atoms with Gasteiger partial charge in [0.1, 0.15) is 18.4 Å². The number of hydrogen-bond donors (Lipinski definition) is 1. The zero-order valence-electron chi connectivity index (χ0n) is 21.8. The predicted molar refractivity (Wildman–Crippen MR) is 152 cm³/mol. The summed E-state index contributed by atoms with van der Waals surface area (Å²) in [6.45, 7) is 4.78. The number of rotatable bonds is 11. The molecule has 0 aliphatic rings. The summed E-state index contributed by atoms with van der Waals surface area (Å²) in [6.07, 6.45) is 0.243. The number of benzene rings is 3. The molecule has 1 N–H and O–H groups in total. The van der Waals surface area contributed by atoms with Gasteiger partial charge in [-0.2, -0.15) is 0 Å². The van der Waals surface area contributed by atoms with Crippen LogP contribution in [0.4, 0.5) is 10.1 Å². The highest BCUT2D eigenvalue weighted by atomic mass is 35.5. The maximum absolute atomic E-state index is 15.0. The van der Waals surface area contributed by atoms with Gasteiger partial charge in [-0.05, 0) is 62.2 Å². The molecule has 3 rings (SSSR count). The van der Waals surface area contributed by atoms with Gasteiger partial charge < -0.3 is 10.2 Å². The minimum atomic E-state index is -4.37. The average molecular weight is 595 g/mol. The van der Waals surface area contributed by atoms with E-state index in [-0.39, 0.29) is 28.6 Å². The molecule has 1 atom stereocenters. The Morgan fingerprint density at radius 2 is 1.67 bits per heavy atom.